The Balaban J connectivity index is 1.62. The van der Waals surface area contributed by atoms with Gasteiger partial charge in [0, 0.05) is 37.6 Å². The number of morpholine rings is 1. The number of esters is 1. The molecule has 0 unspecified atom stereocenters. The summed E-state index contributed by atoms with van der Waals surface area (Å²) >= 11 is 0. The largest absolute Gasteiger partial charge is 0.460 e. The van der Waals surface area contributed by atoms with Crippen molar-refractivity contribution in [2.24, 2.45) is 0 Å². The van der Waals surface area contributed by atoms with Crippen LogP contribution in [0.5, 0.6) is 0 Å². The molecule has 1 aliphatic heterocycles. The van der Waals surface area contributed by atoms with Crippen LogP contribution in [-0.2, 0) is 20.8 Å². The Kier molecular flexibility index (Phi) is 6.43. The molecule has 0 aliphatic carbocycles. The molecule has 0 N–H and O–H groups in total. The van der Waals surface area contributed by atoms with Crippen molar-refractivity contribution in [1.29, 1.82) is 0 Å². The Morgan fingerprint density at radius 1 is 1.38 bits per heavy atom. The number of carbonyl (C=O) groups is 1. The van der Waals surface area contributed by atoms with Crippen LogP contribution in [0.2, 0.25) is 0 Å². The molecular weight excluding hydrogens is 270 g/mol. The molecule has 116 valence electrons. The molecule has 1 aromatic rings. The van der Waals surface area contributed by atoms with Crippen molar-refractivity contribution in [3.8, 4) is 0 Å². The smallest absolute Gasteiger partial charge is 0.333 e. The lowest BCUT2D eigenvalue weighted by Gasteiger charge is -2.25. The molecule has 1 aromatic heterocycles. The van der Waals surface area contributed by atoms with E-state index in [2.05, 4.69) is 9.88 Å². The van der Waals surface area contributed by atoms with E-state index in [-0.39, 0.29) is 5.97 Å². The molecule has 0 atom stereocenters. The Morgan fingerprint density at radius 2 is 2.19 bits per heavy atom. The van der Waals surface area contributed by atoms with Gasteiger partial charge in [0.05, 0.1) is 26.1 Å². The number of imidazole rings is 1. The second kappa shape index (κ2) is 8.59. The van der Waals surface area contributed by atoms with Crippen LogP contribution >= 0.6 is 0 Å². The van der Waals surface area contributed by atoms with Gasteiger partial charge < -0.3 is 14.0 Å². The quantitative estimate of drug-likeness (QED) is 0.556. The second-order valence-electron chi connectivity index (χ2n) is 5.07. The van der Waals surface area contributed by atoms with Gasteiger partial charge in [-0.25, -0.2) is 9.78 Å². The van der Waals surface area contributed by atoms with Gasteiger partial charge in [-0.1, -0.05) is 6.08 Å². The van der Waals surface area contributed by atoms with Crippen molar-refractivity contribution in [1.82, 2.24) is 14.5 Å². The van der Waals surface area contributed by atoms with Crippen LogP contribution in [0.1, 0.15) is 13.3 Å². The van der Waals surface area contributed by atoms with E-state index in [9.17, 15) is 4.79 Å². The number of hydrogen-bond acceptors (Lipinski definition) is 5. The van der Waals surface area contributed by atoms with Crippen LogP contribution in [-0.4, -0.2) is 59.9 Å². The van der Waals surface area contributed by atoms with Crippen LogP contribution in [0.4, 0.5) is 0 Å². The molecule has 0 amide bonds. The zero-order chi connectivity index (χ0) is 14.9. The number of hydrogen-bond donors (Lipinski definition) is 0. The maximum absolute atomic E-state index is 11.8. The summed E-state index contributed by atoms with van der Waals surface area (Å²) in [6, 6.07) is 0. The molecular formula is C15H23N3O3. The Labute approximate surface area is 125 Å². The number of ether oxygens (including phenoxy) is 2. The van der Waals surface area contributed by atoms with Gasteiger partial charge in [-0.05, 0) is 13.3 Å². The molecule has 6 heteroatoms. The third kappa shape index (κ3) is 5.69. The molecule has 0 bridgehead atoms. The van der Waals surface area contributed by atoms with E-state index >= 15 is 0 Å². The highest BCUT2D eigenvalue weighted by Gasteiger charge is 2.10. The zero-order valence-electron chi connectivity index (χ0n) is 12.5. The summed E-state index contributed by atoms with van der Waals surface area (Å²) in [6.07, 6.45) is 8.08. The molecule has 1 aliphatic rings. The van der Waals surface area contributed by atoms with Crippen molar-refractivity contribution < 1.29 is 14.3 Å². The lowest BCUT2D eigenvalue weighted by atomic mass is 10.2. The Morgan fingerprint density at radius 3 is 2.90 bits per heavy atom. The maximum atomic E-state index is 11.8. The summed E-state index contributed by atoms with van der Waals surface area (Å²) in [4.78, 5) is 18.1. The topological polar surface area (TPSA) is 56.6 Å². The molecule has 0 spiro atoms. The summed E-state index contributed by atoms with van der Waals surface area (Å²) in [6.45, 7) is 7.32. The van der Waals surface area contributed by atoms with Crippen LogP contribution in [0.15, 0.2) is 30.4 Å². The van der Waals surface area contributed by atoms with Gasteiger partial charge >= 0.3 is 5.97 Å². The van der Waals surface area contributed by atoms with Crippen molar-refractivity contribution >= 4 is 5.97 Å². The molecule has 6 nitrogen and oxygen atoms in total. The standard InChI is InChI=1S/C15H23N3O3/c1-14(3-2-5-17-7-10-20-11-8-17)15(19)21-12-9-18-6-4-16-13-18/h3-4,6,13H,2,5,7-12H2,1H3. The third-order valence-electron chi connectivity index (χ3n) is 3.46. The van der Waals surface area contributed by atoms with Crippen molar-refractivity contribution in [2.45, 2.75) is 19.9 Å². The minimum atomic E-state index is -0.239. The SMILES string of the molecule is CC(=CCCN1CCOCC1)C(=O)OCCn1ccnc1. The van der Waals surface area contributed by atoms with E-state index in [1.807, 2.05) is 16.8 Å². The highest BCUT2D eigenvalue weighted by molar-refractivity contribution is 5.87. The molecule has 21 heavy (non-hydrogen) atoms. The number of aromatic nitrogens is 2. The van der Waals surface area contributed by atoms with E-state index < -0.39 is 0 Å². The molecule has 0 saturated carbocycles. The summed E-state index contributed by atoms with van der Waals surface area (Å²) in [5, 5.41) is 0. The minimum absolute atomic E-state index is 0.239. The fraction of sp³-hybridized carbons (Fsp3) is 0.600. The Hall–Kier alpha value is -1.66. The van der Waals surface area contributed by atoms with Crippen LogP contribution in [0.3, 0.4) is 0 Å². The van der Waals surface area contributed by atoms with Crippen molar-refractivity contribution in [2.75, 3.05) is 39.5 Å². The van der Waals surface area contributed by atoms with Gasteiger partial charge in [0.15, 0.2) is 0 Å². The molecule has 0 aromatic carbocycles. The van der Waals surface area contributed by atoms with E-state index in [1.54, 1.807) is 19.4 Å². The lowest BCUT2D eigenvalue weighted by molar-refractivity contribution is -0.139. The highest BCUT2D eigenvalue weighted by Crippen LogP contribution is 2.03. The Bertz CT molecular complexity index is 451. The number of carbonyl (C=O) groups excluding carboxylic acids is 1. The summed E-state index contributed by atoms with van der Waals surface area (Å²) in [7, 11) is 0. The molecule has 0 radical (unpaired) electrons. The number of rotatable bonds is 7. The first-order valence-corrected chi connectivity index (χ1v) is 7.35. The normalized spacial score (nSPS) is 16.9. The van der Waals surface area contributed by atoms with Crippen molar-refractivity contribution in [3.63, 3.8) is 0 Å². The molecule has 2 rings (SSSR count). The first-order valence-electron chi connectivity index (χ1n) is 7.35. The first kappa shape index (κ1) is 15.7. The first-order chi connectivity index (χ1) is 10.3. The summed E-state index contributed by atoms with van der Waals surface area (Å²) in [5.41, 5.74) is 0.675. The van der Waals surface area contributed by atoms with Gasteiger partial charge in [-0.3, -0.25) is 4.90 Å². The van der Waals surface area contributed by atoms with E-state index in [1.165, 1.54) is 0 Å². The zero-order valence-corrected chi connectivity index (χ0v) is 12.5. The molecule has 2 heterocycles. The second-order valence-corrected chi connectivity index (χ2v) is 5.07. The average molecular weight is 293 g/mol. The summed E-state index contributed by atoms with van der Waals surface area (Å²) < 4.78 is 12.4. The van der Waals surface area contributed by atoms with E-state index in [0.717, 1.165) is 39.3 Å². The molecule has 1 fully saturated rings. The van der Waals surface area contributed by atoms with Crippen LogP contribution < -0.4 is 0 Å². The van der Waals surface area contributed by atoms with Gasteiger partial charge in [-0.15, -0.1) is 0 Å². The summed E-state index contributed by atoms with van der Waals surface area (Å²) in [5.74, 6) is -0.239. The van der Waals surface area contributed by atoms with Gasteiger partial charge in [0.2, 0.25) is 0 Å². The average Bonchev–Trinajstić information content (AvgIpc) is 3.01. The monoisotopic (exact) mass is 293 g/mol. The van der Waals surface area contributed by atoms with Gasteiger partial charge in [0.25, 0.3) is 0 Å². The van der Waals surface area contributed by atoms with Crippen LogP contribution in [0, 0.1) is 0 Å². The maximum Gasteiger partial charge on any atom is 0.333 e. The van der Waals surface area contributed by atoms with E-state index in [4.69, 9.17) is 9.47 Å². The van der Waals surface area contributed by atoms with Crippen LogP contribution in [0.25, 0.3) is 0 Å². The lowest BCUT2D eigenvalue weighted by Crippen LogP contribution is -2.36. The predicted molar refractivity (Wildman–Crippen MR) is 78.8 cm³/mol. The predicted octanol–water partition coefficient (Wildman–Crippen LogP) is 1.09. The minimum Gasteiger partial charge on any atom is -0.460 e. The highest BCUT2D eigenvalue weighted by atomic mass is 16.5. The van der Waals surface area contributed by atoms with Gasteiger partial charge in [0.1, 0.15) is 6.61 Å². The van der Waals surface area contributed by atoms with E-state index in [0.29, 0.717) is 18.7 Å². The fourth-order valence-corrected chi connectivity index (χ4v) is 2.15. The number of nitrogens with zero attached hydrogens (tertiary/aromatic N) is 3. The van der Waals surface area contributed by atoms with Gasteiger partial charge in [-0.2, -0.15) is 0 Å². The third-order valence-corrected chi connectivity index (χ3v) is 3.46. The molecule has 1 saturated heterocycles. The van der Waals surface area contributed by atoms with Crippen molar-refractivity contribution in [3.05, 3.63) is 30.4 Å². The fourth-order valence-electron chi connectivity index (χ4n) is 2.15.